The molecular weight excluding hydrogens is 362 g/mol. The minimum atomic E-state index is -0.496. The van der Waals surface area contributed by atoms with Gasteiger partial charge in [0.2, 0.25) is 5.91 Å². The molecule has 0 fully saturated rings. The van der Waals surface area contributed by atoms with Crippen LogP contribution in [0.4, 0.5) is 15.8 Å². The van der Waals surface area contributed by atoms with Crippen LogP contribution in [0, 0.1) is 9.39 Å². The van der Waals surface area contributed by atoms with Crippen molar-refractivity contribution in [3.63, 3.8) is 0 Å². The van der Waals surface area contributed by atoms with Crippen molar-refractivity contribution in [2.45, 2.75) is 13.0 Å². The summed E-state index contributed by atoms with van der Waals surface area (Å²) < 4.78 is 15.7. The van der Waals surface area contributed by atoms with E-state index in [-0.39, 0.29) is 18.0 Å². The Labute approximate surface area is 123 Å². The van der Waals surface area contributed by atoms with Crippen LogP contribution in [0.3, 0.4) is 0 Å². The fraction of sp³-hybridized carbons (Fsp3) is 0.167. The molecule has 100 valence electrons. The molecule has 0 radical (unpaired) electrons. The molecule has 3 N–H and O–H groups in total. The summed E-state index contributed by atoms with van der Waals surface area (Å²) >= 11 is 2.15. The van der Waals surface area contributed by atoms with Crippen molar-refractivity contribution in [3.8, 4) is 0 Å². The third-order valence-electron chi connectivity index (χ3n) is 2.45. The van der Waals surface area contributed by atoms with Gasteiger partial charge in [0.1, 0.15) is 5.82 Å². The Morgan fingerprint density at radius 2 is 2.32 bits per heavy atom. The maximum absolute atomic E-state index is 13.0. The zero-order valence-electron chi connectivity index (χ0n) is 9.94. The standard InChI is InChI=1S/C12H12FIN4O/c13-10-2-1-9(5-11(10)15)17-12(19)3-4-18-7-8(14)6-16-18/h1-2,5-7H,3-4,15H2,(H,17,19). The summed E-state index contributed by atoms with van der Waals surface area (Å²) in [5.41, 5.74) is 5.92. The maximum Gasteiger partial charge on any atom is 0.226 e. The zero-order chi connectivity index (χ0) is 13.8. The van der Waals surface area contributed by atoms with E-state index in [0.29, 0.717) is 12.2 Å². The smallest absolute Gasteiger partial charge is 0.226 e. The van der Waals surface area contributed by atoms with E-state index in [2.05, 4.69) is 33.0 Å². The predicted molar refractivity (Wildman–Crippen MR) is 79.0 cm³/mol. The second-order valence-electron chi connectivity index (χ2n) is 3.96. The van der Waals surface area contributed by atoms with Gasteiger partial charge in [-0.15, -0.1) is 0 Å². The molecular formula is C12H12FIN4O. The largest absolute Gasteiger partial charge is 0.396 e. The summed E-state index contributed by atoms with van der Waals surface area (Å²) in [6.07, 6.45) is 3.86. The van der Waals surface area contributed by atoms with Gasteiger partial charge in [0.05, 0.1) is 15.5 Å². The highest BCUT2D eigenvalue weighted by molar-refractivity contribution is 14.1. The molecule has 1 heterocycles. The van der Waals surface area contributed by atoms with Crippen molar-refractivity contribution in [3.05, 3.63) is 40.0 Å². The fourth-order valence-electron chi connectivity index (χ4n) is 1.52. The van der Waals surface area contributed by atoms with Crippen molar-refractivity contribution in [1.29, 1.82) is 0 Å². The fourth-order valence-corrected chi connectivity index (χ4v) is 1.97. The van der Waals surface area contributed by atoms with Gasteiger partial charge in [-0.3, -0.25) is 9.48 Å². The first-order valence-electron chi connectivity index (χ1n) is 5.57. The SMILES string of the molecule is Nc1cc(NC(=O)CCn2cc(I)cn2)ccc1F. The molecule has 1 aromatic heterocycles. The summed E-state index contributed by atoms with van der Waals surface area (Å²) in [6, 6.07) is 4.09. The van der Waals surface area contributed by atoms with E-state index in [1.165, 1.54) is 18.2 Å². The van der Waals surface area contributed by atoms with E-state index in [9.17, 15) is 9.18 Å². The number of nitrogen functional groups attached to an aromatic ring is 1. The lowest BCUT2D eigenvalue weighted by atomic mass is 10.2. The molecule has 2 rings (SSSR count). The predicted octanol–water partition coefficient (Wildman–Crippen LogP) is 2.24. The Kier molecular flexibility index (Phi) is 4.35. The van der Waals surface area contributed by atoms with Crippen molar-refractivity contribution < 1.29 is 9.18 Å². The molecule has 0 spiro atoms. The molecule has 0 aliphatic rings. The van der Waals surface area contributed by atoms with Crippen LogP contribution < -0.4 is 11.1 Å². The number of amides is 1. The topological polar surface area (TPSA) is 72.9 Å². The quantitative estimate of drug-likeness (QED) is 0.637. The first-order chi connectivity index (χ1) is 9.04. The van der Waals surface area contributed by atoms with Gasteiger partial charge in [0.15, 0.2) is 0 Å². The van der Waals surface area contributed by atoms with Crippen molar-refractivity contribution in [2.24, 2.45) is 0 Å². The van der Waals surface area contributed by atoms with E-state index < -0.39 is 5.82 Å². The third-order valence-corrected chi connectivity index (χ3v) is 3.01. The molecule has 0 bridgehead atoms. The van der Waals surface area contributed by atoms with Crippen LogP contribution in [0.1, 0.15) is 6.42 Å². The van der Waals surface area contributed by atoms with Crippen LogP contribution >= 0.6 is 22.6 Å². The number of nitrogens with zero attached hydrogens (tertiary/aromatic N) is 2. The third kappa shape index (κ3) is 3.91. The Bertz CT molecular complexity index is 599. The van der Waals surface area contributed by atoms with Gasteiger partial charge in [0.25, 0.3) is 0 Å². The van der Waals surface area contributed by atoms with Gasteiger partial charge in [0, 0.05) is 24.8 Å². The number of aromatic nitrogens is 2. The second-order valence-corrected chi connectivity index (χ2v) is 5.20. The summed E-state index contributed by atoms with van der Waals surface area (Å²) in [5.74, 6) is -0.666. The number of carbonyl (C=O) groups excluding carboxylic acids is 1. The van der Waals surface area contributed by atoms with Crippen molar-refractivity contribution >= 4 is 39.9 Å². The number of aryl methyl sites for hydroxylation is 1. The van der Waals surface area contributed by atoms with Crippen molar-refractivity contribution in [1.82, 2.24) is 9.78 Å². The number of nitrogens with two attached hydrogens (primary N) is 1. The Morgan fingerprint density at radius 3 is 2.95 bits per heavy atom. The first-order valence-corrected chi connectivity index (χ1v) is 6.65. The maximum atomic E-state index is 13.0. The highest BCUT2D eigenvalue weighted by Crippen LogP contribution is 2.16. The number of rotatable bonds is 4. The molecule has 0 saturated heterocycles. The van der Waals surface area contributed by atoms with Gasteiger partial charge in [-0.1, -0.05) is 0 Å². The first kappa shape index (κ1) is 13.8. The minimum absolute atomic E-state index is 0.0134. The van der Waals surface area contributed by atoms with E-state index in [1.54, 1.807) is 10.9 Å². The molecule has 0 atom stereocenters. The van der Waals surface area contributed by atoms with Gasteiger partial charge in [-0.05, 0) is 40.8 Å². The van der Waals surface area contributed by atoms with E-state index in [0.717, 1.165) is 3.57 Å². The average molecular weight is 374 g/mol. The normalized spacial score (nSPS) is 10.4. The molecule has 2 aromatic rings. The average Bonchev–Trinajstić information content (AvgIpc) is 2.77. The molecule has 0 aliphatic heterocycles. The Balaban J connectivity index is 1.88. The number of nitrogens with one attached hydrogen (secondary N) is 1. The molecule has 7 heteroatoms. The monoisotopic (exact) mass is 374 g/mol. The van der Waals surface area contributed by atoms with E-state index in [4.69, 9.17) is 5.73 Å². The summed E-state index contributed by atoms with van der Waals surface area (Å²) in [4.78, 5) is 11.7. The molecule has 0 aliphatic carbocycles. The van der Waals surface area contributed by atoms with E-state index in [1.807, 2.05) is 6.20 Å². The molecule has 0 unspecified atom stereocenters. The van der Waals surface area contributed by atoms with Crippen LogP contribution in [-0.2, 0) is 11.3 Å². The summed E-state index contributed by atoms with van der Waals surface area (Å²) in [7, 11) is 0. The molecule has 19 heavy (non-hydrogen) atoms. The van der Waals surface area contributed by atoms with Crippen LogP contribution in [0.5, 0.6) is 0 Å². The number of anilines is 2. The minimum Gasteiger partial charge on any atom is -0.396 e. The van der Waals surface area contributed by atoms with Gasteiger partial charge in [-0.25, -0.2) is 4.39 Å². The van der Waals surface area contributed by atoms with Crippen LogP contribution in [0.2, 0.25) is 0 Å². The molecule has 0 saturated carbocycles. The van der Waals surface area contributed by atoms with Crippen molar-refractivity contribution in [2.75, 3.05) is 11.1 Å². The molecule has 1 amide bonds. The molecule has 1 aromatic carbocycles. The summed E-state index contributed by atoms with van der Waals surface area (Å²) in [5, 5.41) is 6.74. The lowest BCUT2D eigenvalue weighted by Crippen LogP contribution is -2.15. The van der Waals surface area contributed by atoms with Crippen LogP contribution in [0.15, 0.2) is 30.6 Å². The second kappa shape index (κ2) is 6.00. The highest BCUT2D eigenvalue weighted by atomic mass is 127. The van der Waals surface area contributed by atoms with Gasteiger partial charge < -0.3 is 11.1 Å². The zero-order valence-corrected chi connectivity index (χ0v) is 12.1. The number of carbonyl (C=O) groups is 1. The highest BCUT2D eigenvalue weighted by Gasteiger charge is 2.05. The van der Waals surface area contributed by atoms with Gasteiger partial charge in [-0.2, -0.15) is 5.10 Å². The lowest BCUT2D eigenvalue weighted by molar-refractivity contribution is -0.116. The Hall–Kier alpha value is -1.64. The number of hydrogen-bond donors (Lipinski definition) is 2. The molecule has 5 nitrogen and oxygen atoms in total. The number of hydrogen-bond acceptors (Lipinski definition) is 3. The van der Waals surface area contributed by atoms with Gasteiger partial charge >= 0.3 is 0 Å². The number of halogens is 2. The lowest BCUT2D eigenvalue weighted by Gasteiger charge is -2.06. The van der Waals surface area contributed by atoms with Crippen LogP contribution in [-0.4, -0.2) is 15.7 Å². The Morgan fingerprint density at radius 1 is 1.53 bits per heavy atom. The number of benzene rings is 1. The van der Waals surface area contributed by atoms with E-state index >= 15 is 0 Å². The summed E-state index contributed by atoms with van der Waals surface area (Å²) in [6.45, 7) is 0.492. The van der Waals surface area contributed by atoms with Crippen LogP contribution in [0.25, 0.3) is 0 Å².